The Bertz CT molecular complexity index is 1270. The van der Waals surface area contributed by atoms with Crippen molar-refractivity contribution in [2.24, 2.45) is 0 Å². The summed E-state index contributed by atoms with van der Waals surface area (Å²) in [5.41, 5.74) is 1.79. The highest BCUT2D eigenvalue weighted by molar-refractivity contribution is 7.80. The number of aromatic nitrogens is 1. The van der Waals surface area contributed by atoms with Gasteiger partial charge in [0.25, 0.3) is 0 Å². The predicted molar refractivity (Wildman–Crippen MR) is 135 cm³/mol. The third-order valence-corrected chi connectivity index (χ3v) is 6.27. The second-order valence-corrected chi connectivity index (χ2v) is 9.08. The van der Waals surface area contributed by atoms with Gasteiger partial charge < -0.3 is 14.2 Å². The van der Waals surface area contributed by atoms with Crippen molar-refractivity contribution in [3.8, 4) is 23.0 Å². The van der Waals surface area contributed by atoms with E-state index < -0.39 is 0 Å². The molecule has 5 nitrogen and oxygen atoms in total. The first-order chi connectivity index (χ1) is 16.1. The first-order valence-corrected chi connectivity index (χ1v) is 11.7. The number of methoxy groups -OCH3 is 2. The van der Waals surface area contributed by atoms with Crippen molar-refractivity contribution in [1.82, 2.24) is 4.98 Å². The molecule has 2 aromatic carbocycles. The molecule has 0 saturated heterocycles. The molecule has 0 fully saturated rings. The smallest absolute Gasteiger partial charge is 0.162 e. The number of carbonyl (C=O) groups is 1. The molecule has 0 unspecified atom stereocenters. The number of ether oxygens (including phenoxy) is 3. The van der Waals surface area contributed by atoms with Crippen LogP contribution in [0.25, 0.3) is 10.9 Å². The van der Waals surface area contributed by atoms with Crippen LogP contribution in [0.5, 0.6) is 23.0 Å². The number of ketones is 1. The Balaban J connectivity index is 1.42. The molecule has 2 aromatic heterocycles. The maximum Gasteiger partial charge on any atom is 0.162 e. The Morgan fingerprint density at radius 3 is 2.42 bits per heavy atom. The van der Waals surface area contributed by atoms with Gasteiger partial charge in [0.05, 0.1) is 19.7 Å². The van der Waals surface area contributed by atoms with Gasteiger partial charge in [-0.2, -0.15) is 0 Å². The lowest BCUT2D eigenvalue weighted by atomic mass is 10.0. The van der Waals surface area contributed by atoms with E-state index in [4.69, 9.17) is 26.4 Å². The first kappa shape index (κ1) is 22.9. The summed E-state index contributed by atoms with van der Waals surface area (Å²) in [6.07, 6.45) is 3.05. The number of nitrogens with zero attached hydrogens (tertiary/aromatic N) is 1. The van der Waals surface area contributed by atoms with Gasteiger partial charge in [-0.25, -0.2) is 0 Å². The van der Waals surface area contributed by atoms with E-state index in [0.29, 0.717) is 42.3 Å². The fourth-order valence-electron chi connectivity index (χ4n) is 3.52. The zero-order valence-electron chi connectivity index (χ0n) is 18.4. The molecule has 4 aromatic rings. The van der Waals surface area contributed by atoms with Crippen molar-refractivity contribution in [3.63, 3.8) is 0 Å². The topological polar surface area (TPSA) is 57.7 Å². The summed E-state index contributed by atoms with van der Waals surface area (Å²) < 4.78 is 16.9. The van der Waals surface area contributed by atoms with Crippen LogP contribution in [-0.4, -0.2) is 29.9 Å². The SMILES string of the molecule is COc1cc2nccc(Oc3ccc(CC(=S)CC(=O)Cc4cccs4)cc3)c2cc1OC. The van der Waals surface area contributed by atoms with E-state index in [-0.39, 0.29) is 5.78 Å². The zero-order valence-corrected chi connectivity index (χ0v) is 20.0. The minimum atomic E-state index is 0.152. The third kappa shape index (κ3) is 5.74. The Hall–Kier alpha value is -3.29. The van der Waals surface area contributed by atoms with Crippen LogP contribution in [0, 0.1) is 0 Å². The normalized spacial score (nSPS) is 10.7. The summed E-state index contributed by atoms with van der Waals surface area (Å²) in [4.78, 5) is 18.5. The van der Waals surface area contributed by atoms with E-state index in [1.807, 2.05) is 60.0 Å². The Labute approximate surface area is 202 Å². The monoisotopic (exact) mass is 477 g/mol. The van der Waals surface area contributed by atoms with Gasteiger partial charge in [-0.1, -0.05) is 30.4 Å². The number of carbonyl (C=O) groups excluding carboxylic acids is 1. The molecule has 0 spiro atoms. The quantitative estimate of drug-likeness (QED) is 0.253. The van der Waals surface area contributed by atoms with Gasteiger partial charge in [0, 0.05) is 46.7 Å². The minimum Gasteiger partial charge on any atom is -0.493 e. The van der Waals surface area contributed by atoms with Gasteiger partial charge in [0.2, 0.25) is 0 Å². The molecular formula is C26H23NO4S2. The number of hydrogen-bond donors (Lipinski definition) is 0. The number of rotatable bonds is 10. The van der Waals surface area contributed by atoms with E-state index in [0.717, 1.165) is 26.2 Å². The zero-order chi connectivity index (χ0) is 23.2. The minimum absolute atomic E-state index is 0.152. The number of benzene rings is 2. The molecule has 0 saturated carbocycles. The lowest BCUT2D eigenvalue weighted by molar-refractivity contribution is -0.117. The van der Waals surface area contributed by atoms with Crippen LogP contribution in [0.4, 0.5) is 0 Å². The predicted octanol–water partition coefficient (Wildman–Crippen LogP) is 6.22. The number of thiophene rings is 1. The standard InChI is InChI=1S/C26H23NO4S2/c1-29-25-15-22-23(16-26(25)30-2)27-10-9-24(22)31-19-7-5-17(6-8-19)12-20(32)13-18(28)14-21-4-3-11-33-21/h3-11,15-16H,12-14H2,1-2H3. The summed E-state index contributed by atoms with van der Waals surface area (Å²) >= 11 is 7.06. The van der Waals surface area contributed by atoms with Crippen LogP contribution in [0.2, 0.25) is 0 Å². The molecule has 33 heavy (non-hydrogen) atoms. The van der Waals surface area contributed by atoms with Gasteiger partial charge in [0.15, 0.2) is 11.5 Å². The molecule has 0 radical (unpaired) electrons. The van der Waals surface area contributed by atoms with Crippen molar-refractivity contribution in [2.75, 3.05) is 14.2 Å². The lowest BCUT2D eigenvalue weighted by Gasteiger charge is -2.12. The maximum absolute atomic E-state index is 12.2. The first-order valence-electron chi connectivity index (χ1n) is 10.4. The summed E-state index contributed by atoms with van der Waals surface area (Å²) in [5.74, 6) is 2.74. The largest absolute Gasteiger partial charge is 0.493 e. The van der Waals surface area contributed by atoms with Crippen LogP contribution >= 0.6 is 23.6 Å². The third-order valence-electron chi connectivity index (χ3n) is 5.11. The summed E-state index contributed by atoms with van der Waals surface area (Å²) in [7, 11) is 3.19. The van der Waals surface area contributed by atoms with Gasteiger partial charge in [0.1, 0.15) is 17.3 Å². The summed E-state index contributed by atoms with van der Waals surface area (Å²) in [6.45, 7) is 0. The van der Waals surface area contributed by atoms with Crippen LogP contribution in [0.15, 0.2) is 66.2 Å². The molecule has 0 N–H and O–H groups in total. The van der Waals surface area contributed by atoms with E-state index in [9.17, 15) is 4.79 Å². The maximum atomic E-state index is 12.2. The summed E-state index contributed by atoms with van der Waals surface area (Å²) in [5, 5.41) is 2.80. The van der Waals surface area contributed by atoms with Crippen molar-refractivity contribution >= 4 is 45.1 Å². The average molecular weight is 478 g/mol. The highest BCUT2D eigenvalue weighted by Crippen LogP contribution is 2.36. The van der Waals surface area contributed by atoms with E-state index in [1.165, 1.54) is 0 Å². The summed E-state index contributed by atoms with van der Waals surface area (Å²) in [6, 6.07) is 17.2. The number of pyridine rings is 1. The van der Waals surface area contributed by atoms with Crippen molar-refractivity contribution in [3.05, 3.63) is 76.6 Å². The van der Waals surface area contributed by atoms with E-state index >= 15 is 0 Å². The Kier molecular flexibility index (Phi) is 7.32. The molecule has 0 atom stereocenters. The van der Waals surface area contributed by atoms with Crippen LogP contribution in [-0.2, 0) is 17.6 Å². The highest BCUT2D eigenvalue weighted by atomic mass is 32.1. The van der Waals surface area contributed by atoms with Gasteiger partial charge in [-0.05, 0) is 41.3 Å². The molecule has 4 rings (SSSR count). The average Bonchev–Trinajstić information content (AvgIpc) is 3.32. The number of thiocarbonyl (C=S) groups is 1. The van der Waals surface area contributed by atoms with E-state index in [2.05, 4.69) is 4.98 Å². The van der Waals surface area contributed by atoms with E-state index in [1.54, 1.807) is 31.8 Å². The second-order valence-electron chi connectivity index (χ2n) is 7.47. The van der Waals surface area contributed by atoms with Crippen molar-refractivity contribution in [2.45, 2.75) is 19.3 Å². The lowest BCUT2D eigenvalue weighted by Crippen LogP contribution is -2.10. The van der Waals surface area contributed by atoms with Crippen LogP contribution < -0.4 is 14.2 Å². The fraction of sp³-hybridized carbons (Fsp3) is 0.192. The number of Topliss-reactive ketones (excluding diaryl/α,β-unsaturated/α-hetero) is 1. The molecule has 0 aliphatic heterocycles. The molecule has 0 amide bonds. The second kappa shape index (κ2) is 10.6. The van der Waals surface area contributed by atoms with Crippen molar-refractivity contribution < 1.29 is 19.0 Å². The Morgan fingerprint density at radius 1 is 0.970 bits per heavy atom. The van der Waals surface area contributed by atoms with Crippen molar-refractivity contribution in [1.29, 1.82) is 0 Å². The number of fused-ring (bicyclic) bond motifs is 1. The molecule has 0 aliphatic carbocycles. The highest BCUT2D eigenvalue weighted by Gasteiger charge is 2.12. The van der Waals surface area contributed by atoms with Gasteiger partial charge >= 0.3 is 0 Å². The molecule has 0 bridgehead atoms. The molecule has 2 heterocycles. The van der Waals surface area contributed by atoms with Gasteiger partial charge in [-0.15, -0.1) is 11.3 Å². The molecular weight excluding hydrogens is 454 g/mol. The van der Waals surface area contributed by atoms with Gasteiger partial charge in [-0.3, -0.25) is 9.78 Å². The molecule has 168 valence electrons. The fourth-order valence-corrected chi connectivity index (χ4v) is 4.58. The molecule has 0 aliphatic rings. The molecule has 7 heteroatoms. The van der Waals surface area contributed by atoms with Crippen LogP contribution in [0.1, 0.15) is 16.9 Å². The Morgan fingerprint density at radius 2 is 1.73 bits per heavy atom. The number of hydrogen-bond acceptors (Lipinski definition) is 7. The van der Waals surface area contributed by atoms with Crippen LogP contribution in [0.3, 0.4) is 0 Å².